The Morgan fingerprint density at radius 2 is 1.79 bits per heavy atom. The number of aromatic nitrogens is 2. The molecule has 7 nitrogen and oxygen atoms in total. The maximum atomic E-state index is 12.6. The minimum atomic E-state index is -4.69. The number of carbonyl (C=O) groups is 1. The Bertz CT molecular complexity index is 894. The van der Waals surface area contributed by atoms with Gasteiger partial charge in [-0.3, -0.25) is 9.69 Å². The van der Waals surface area contributed by atoms with E-state index >= 15 is 0 Å². The number of alkyl halides is 3. The molecule has 2 fully saturated rings. The van der Waals surface area contributed by atoms with E-state index in [2.05, 4.69) is 29.4 Å². The zero-order chi connectivity index (χ0) is 24.0. The van der Waals surface area contributed by atoms with Gasteiger partial charge in [0.05, 0.1) is 5.69 Å². The average molecular weight is 498 g/mol. The van der Waals surface area contributed by atoms with Crippen LogP contribution in [0, 0.1) is 11.8 Å². The van der Waals surface area contributed by atoms with Gasteiger partial charge in [0.1, 0.15) is 5.75 Å². The van der Waals surface area contributed by atoms with E-state index in [1.54, 1.807) is 12.1 Å². The third kappa shape index (κ3) is 7.30. The summed E-state index contributed by atoms with van der Waals surface area (Å²) < 4.78 is 44.8. The van der Waals surface area contributed by atoms with Crippen LogP contribution in [0.3, 0.4) is 0 Å². The highest BCUT2D eigenvalue weighted by Gasteiger charge is 2.31. The molecule has 1 aromatic heterocycles. The molecule has 0 unspecified atom stereocenters. The van der Waals surface area contributed by atoms with Gasteiger partial charge in [-0.25, -0.2) is 0 Å². The van der Waals surface area contributed by atoms with E-state index in [4.69, 9.17) is 0 Å². The maximum absolute atomic E-state index is 12.6. The molecule has 0 saturated carbocycles. The van der Waals surface area contributed by atoms with Crippen LogP contribution in [0.4, 0.5) is 18.9 Å². The molecule has 2 aliphatic rings. The number of anilines is 1. The molecule has 1 amide bonds. The summed E-state index contributed by atoms with van der Waals surface area (Å²) in [5, 5.41) is 9.23. The fraction of sp³-hybridized carbons (Fsp3) is 0.609. The first-order valence-electron chi connectivity index (χ1n) is 11.7. The summed E-state index contributed by atoms with van der Waals surface area (Å²) in [6, 6.07) is 5.89. The van der Waals surface area contributed by atoms with Crippen molar-refractivity contribution in [3.05, 3.63) is 35.3 Å². The highest BCUT2D eigenvalue weighted by molar-refractivity contribution is 7.03. The molecule has 1 aromatic carbocycles. The largest absolute Gasteiger partial charge is 0.573 e. The Balaban J connectivity index is 1.11. The molecule has 1 N–H and O–H groups in total. The average Bonchev–Trinajstić information content (AvgIpc) is 3.33. The van der Waals surface area contributed by atoms with E-state index in [1.165, 1.54) is 23.7 Å². The second kappa shape index (κ2) is 11.4. The topological polar surface area (TPSA) is 70.6 Å². The highest BCUT2D eigenvalue weighted by Crippen LogP contribution is 2.28. The van der Waals surface area contributed by atoms with E-state index in [0.29, 0.717) is 25.6 Å². The van der Waals surface area contributed by atoms with E-state index in [1.807, 2.05) is 5.38 Å². The molecule has 0 radical (unpaired) electrons. The van der Waals surface area contributed by atoms with Gasteiger partial charge < -0.3 is 15.0 Å². The van der Waals surface area contributed by atoms with Gasteiger partial charge in [0.2, 0.25) is 5.91 Å². The molecule has 2 aliphatic heterocycles. The summed E-state index contributed by atoms with van der Waals surface area (Å²) in [7, 11) is 0. The quantitative estimate of drug-likeness (QED) is 0.593. The summed E-state index contributed by atoms with van der Waals surface area (Å²) in [5.41, 5.74) is 1.88. The van der Waals surface area contributed by atoms with Crippen LogP contribution in [0.5, 0.6) is 5.75 Å². The number of carbonyl (C=O) groups excluding carboxylic acids is 1. The standard InChI is InChI=1S/C23H30F3N5O2S/c24-23(25,26)33-21-3-1-20(2-4-21)31-13-8-18(9-14-31)22(32)27-10-5-17-6-11-30(12-7-17)15-19-16-34-29-28-19/h1-4,16-18H,5-15H2,(H,27,32). The number of ether oxygens (including phenoxy) is 1. The predicted molar refractivity (Wildman–Crippen MR) is 124 cm³/mol. The lowest BCUT2D eigenvalue weighted by molar-refractivity contribution is -0.274. The summed E-state index contributed by atoms with van der Waals surface area (Å²) in [6.45, 7) is 5.08. The molecule has 0 aliphatic carbocycles. The number of likely N-dealkylation sites (tertiary alicyclic amines) is 1. The van der Waals surface area contributed by atoms with Crippen molar-refractivity contribution >= 4 is 23.1 Å². The predicted octanol–water partition coefficient (Wildman–Crippen LogP) is 4.07. The Morgan fingerprint density at radius 1 is 1.09 bits per heavy atom. The van der Waals surface area contributed by atoms with E-state index in [9.17, 15) is 18.0 Å². The van der Waals surface area contributed by atoms with Crippen LogP contribution in [0.15, 0.2) is 29.6 Å². The number of halogens is 3. The maximum Gasteiger partial charge on any atom is 0.573 e. The molecule has 11 heteroatoms. The number of benzene rings is 1. The number of amides is 1. The van der Waals surface area contributed by atoms with Crippen LogP contribution < -0.4 is 15.0 Å². The van der Waals surface area contributed by atoms with Crippen LogP contribution in [0.25, 0.3) is 0 Å². The van der Waals surface area contributed by atoms with Crippen molar-refractivity contribution in [2.24, 2.45) is 11.8 Å². The van der Waals surface area contributed by atoms with Gasteiger partial charge in [-0.1, -0.05) is 4.49 Å². The second-order valence-electron chi connectivity index (χ2n) is 9.00. The minimum Gasteiger partial charge on any atom is -0.406 e. The molecule has 186 valence electrons. The number of rotatable bonds is 8. The van der Waals surface area contributed by atoms with Crippen molar-refractivity contribution < 1.29 is 22.7 Å². The highest BCUT2D eigenvalue weighted by atomic mass is 32.1. The first-order valence-corrected chi connectivity index (χ1v) is 12.6. The number of hydrogen-bond acceptors (Lipinski definition) is 7. The third-order valence-corrected chi connectivity index (χ3v) is 7.20. The van der Waals surface area contributed by atoms with Crippen LogP contribution in [-0.2, 0) is 11.3 Å². The van der Waals surface area contributed by atoms with Crippen molar-refractivity contribution in [1.82, 2.24) is 19.8 Å². The van der Waals surface area contributed by atoms with Gasteiger partial charge in [0.15, 0.2) is 0 Å². The van der Waals surface area contributed by atoms with Gasteiger partial charge in [-0.2, -0.15) is 0 Å². The van der Waals surface area contributed by atoms with Crippen LogP contribution in [0.2, 0.25) is 0 Å². The molecule has 3 heterocycles. The van der Waals surface area contributed by atoms with Crippen molar-refractivity contribution in [2.45, 2.75) is 45.0 Å². The Labute approximate surface area is 201 Å². The minimum absolute atomic E-state index is 0.0161. The molecule has 4 rings (SSSR count). The zero-order valence-corrected chi connectivity index (χ0v) is 19.8. The first-order chi connectivity index (χ1) is 16.4. The normalized spacial score (nSPS) is 18.7. The number of hydrogen-bond donors (Lipinski definition) is 1. The fourth-order valence-electron chi connectivity index (χ4n) is 4.72. The van der Waals surface area contributed by atoms with Crippen molar-refractivity contribution in [2.75, 3.05) is 37.6 Å². The summed E-state index contributed by atoms with van der Waals surface area (Å²) >= 11 is 1.39. The van der Waals surface area contributed by atoms with Crippen LogP contribution in [0.1, 0.15) is 37.8 Å². The summed E-state index contributed by atoms with van der Waals surface area (Å²) in [5.74, 6) is 0.504. The molecule has 2 saturated heterocycles. The monoisotopic (exact) mass is 497 g/mol. The summed E-state index contributed by atoms with van der Waals surface area (Å²) in [6.07, 6.45) is 0.0532. The SMILES string of the molecule is O=C(NCCC1CCN(Cc2csnn2)CC1)C1CCN(c2ccc(OC(F)(F)F)cc2)CC1. The molecular formula is C23H30F3N5O2S. The van der Waals surface area contributed by atoms with Gasteiger partial charge in [0.25, 0.3) is 0 Å². The number of piperidine rings is 2. The Kier molecular flexibility index (Phi) is 8.25. The molecule has 2 aromatic rings. The Morgan fingerprint density at radius 3 is 2.41 bits per heavy atom. The smallest absolute Gasteiger partial charge is 0.406 e. The van der Waals surface area contributed by atoms with E-state index in [-0.39, 0.29) is 17.6 Å². The van der Waals surface area contributed by atoms with Gasteiger partial charge in [-0.05, 0) is 86.9 Å². The molecule has 34 heavy (non-hydrogen) atoms. The zero-order valence-electron chi connectivity index (χ0n) is 19.0. The van der Waals surface area contributed by atoms with Crippen molar-refractivity contribution in [3.8, 4) is 5.75 Å². The molecular weight excluding hydrogens is 467 g/mol. The van der Waals surface area contributed by atoms with Gasteiger partial charge in [-0.15, -0.1) is 18.3 Å². The van der Waals surface area contributed by atoms with Crippen molar-refractivity contribution in [3.63, 3.8) is 0 Å². The van der Waals surface area contributed by atoms with E-state index < -0.39 is 6.36 Å². The lowest BCUT2D eigenvalue weighted by atomic mass is 9.92. The molecule has 0 atom stereocenters. The van der Waals surface area contributed by atoms with Crippen molar-refractivity contribution in [1.29, 1.82) is 0 Å². The molecule has 0 bridgehead atoms. The number of nitrogens with zero attached hydrogens (tertiary/aromatic N) is 4. The lowest BCUT2D eigenvalue weighted by Crippen LogP contribution is -2.41. The van der Waals surface area contributed by atoms with Crippen LogP contribution in [-0.4, -0.2) is 59.5 Å². The second-order valence-corrected chi connectivity index (χ2v) is 9.61. The Hall–Kier alpha value is -2.40. The number of nitrogens with one attached hydrogen (secondary N) is 1. The fourth-order valence-corrected chi connectivity index (χ4v) is 5.16. The van der Waals surface area contributed by atoms with Crippen LogP contribution >= 0.6 is 11.5 Å². The lowest BCUT2D eigenvalue weighted by Gasteiger charge is -2.33. The molecule has 0 spiro atoms. The van der Waals surface area contributed by atoms with Gasteiger partial charge in [0, 0.05) is 43.2 Å². The first kappa shape index (κ1) is 24.7. The van der Waals surface area contributed by atoms with Gasteiger partial charge >= 0.3 is 6.36 Å². The summed E-state index contributed by atoms with van der Waals surface area (Å²) in [4.78, 5) is 17.1. The third-order valence-electron chi connectivity index (χ3n) is 6.65. The van der Waals surface area contributed by atoms with E-state index in [0.717, 1.165) is 63.1 Å².